The molecule has 1 heterocycles. The minimum Gasteiger partial charge on any atom is -0.480 e. The molecule has 2 N–H and O–H groups in total. The third kappa shape index (κ3) is 4.60. The molecular weight excluding hydrogens is 322 g/mol. The molecule has 1 unspecified atom stereocenters. The number of nitrogens with one attached hydrogen (secondary N) is 1. The molecule has 136 valence electrons. The highest BCUT2D eigenvalue weighted by Gasteiger charge is 2.17. The molecule has 1 aromatic carbocycles. The zero-order valence-electron chi connectivity index (χ0n) is 14.9. The van der Waals surface area contributed by atoms with Crippen LogP contribution in [-0.4, -0.2) is 30.3 Å². The average molecular weight is 347 g/mol. The Balaban J connectivity index is 2.26. The van der Waals surface area contributed by atoms with E-state index in [9.17, 15) is 9.59 Å². The van der Waals surface area contributed by atoms with Crippen molar-refractivity contribution in [2.45, 2.75) is 46.1 Å². The van der Waals surface area contributed by atoms with Crippen LogP contribution < -0.4 is 15.7 Å². The van der Waals surface area contributed by atoms with Gasteiger partial charge in [-0.3, -0.25) is 4.79 Å². The van der Waals surface area contributed by atoms with Gasteiger partial charge in [-0.05, 0) is 44.4 Å². The first-order chi connectivity index (χ1) is 12.0. The number of benzene rings is 1. The lowest BCUT2D eigenvalue weighted by atomic mass is 10.0. The summed E-state index contributed by atoms with van der Waals surface area (Å²) >= 11 is 0. The van der Waals surface area contributed by atoms with Gasteiger partial charge in [0.1, 0.15) is 11.3 Å². The van der Waals surface area contributed by atoms with Crippen LogP contribution in [0.5, 0.6) is 5.75 Å². The van der Waals surface area contributed by atoms with Gasteiger partial charge < -0.3 is 19.6 Å². The Morgan fingerprint density at radius 3 is 2.84 bits per heavy atom. The molecule has 2 aromatic rings. The number of carbonyl (C=O) groups excluding carboxylic acids is 1. The third-order valence-electron chi connectivity index (χ3n) is 4.02. The van der Waals surface area contributed by atoms with Crippen molar-refractivity contribution < 1.29 is 19.1 Å². The summed E-state index contributed by atoms with van der Waals surface area (Å²) in [7, 11) is 0. The van der Waals surface area contributed by atoms with E-state index in [0.717, 1.165) is 23.8 Å². The standard InChI is InChI=1S/C19H25NO5/c1-4-6-14-11-17(22)25-18-12(2)16(8-7-15(14)18)24-13(3)19(23)20-9-5-10-21/h7-8,11,13,21H,4-6,9-10H2,1-3H3,(H,20,23). The smallest absolute Gasteiger partial charge is 0.336 e. The Labute approximate surface area is 146 Å². The van der Waals surface area contributed by atoms with Crippen LogP contribution in [0.2, 0.25) is 0 Å². The van der Waals surface area contributed by atoms with Crippen LogP contribution in [0.25, 0.3) is 11.0 Å². The minimum absolute atomic E-state index is 0.0262. The van der Waals surface area contributed by atoms with E-state index in [-0.39, 0.29) is 18.1 Å². The number of ether oxygens (including phenoxy) is 1. The molecule has 0 aliphatic rings. The molecule has 0 bridgehead atoms. The molecule has 1 amide bonds. The second kappa shape index (κ2) is 8.67. The second-order valence-corrected chi connectivity index (χ2v) is 6.03. The molecule has 0 aliphatic heterocycles. The largest absolute Gasteiger partial charge is 0.480 e. The highest BCUT2D eigenvalue weighted by molar-refractivity contribution is 5.85. The molecule has 0 aliphatic carbocycles. The summed E-state index contributed by atoms with van der Waals surface area (Å²) in [6, 6.07) is 5.19. The molecule has 1 aromatic heterocycles. The van der Waals surface area contributed by atoms with Crippen molar-refractivity contribution in [2.24, 2.45) is 0 Å². The van der Waals surface area contributed by atoms with Crippen molar-refractivity contribution in [3.63, 3.8) is 0 Å². The van der Waals surface area contributed by atoms with Gasteiger partial charge in [0.15, 0.2) is 6.10 Å². The fraction of sp³-hybridized carbons (Fsp3) is 0.474. The van der Waals surface area contributed by atoms with E-state index < -0.39 is 6.10 Å². The minimum atomic E-state index is -0.694. The van der Waals surface area contributed by atoms with Crippen LogP contribution in [0, 0.1) is 6.92 Å². The molecule has 2 rings (SSSR count). The van der Waals surface area contributed by atoms with Crippen LogP contribution >= 0.6 is 0 Å². The SMILES string of the molecule is CCCc1cc(=O)oc2c(C)c(OC(C)C(=O)NCCCO)ccc12. The molecule has 0 saturated heterocycles. The van der Waals surface area contributed by atoms with Gasteiger partial charge in [-0.25, -0.2) is 4.79 Å². The van der Waals surface area contributed by atoms with Gasteiger partial charge in [0.2, 0.25) is 0 Å². The quantitative estimate of drug-likeness (QED) is 0.565. The zero-order chi connectivity index (χ0) is 18.4. The highest BCUT2D eigenvalue weighted by Crippen LogP contribution is 2.29. The lowest BCUT2D eigenvalue weighted by Crippen LogP contribution is -2.37. The number of aliphatic hydroxyl groups is 1. The van der Waals surface area contributed by atoms with E-state index >= 15 is 0 Å². The van der Waals surface area contributed by atoms with E-state index in [1.54, 1.807) is 13.0 Å². The van der Waals surface area contributed by atoms with Gasteiger partial charge in [0, 0.05) is 30.2 Å². The Hall–Kier alpha value is -2.34. The lowest BCUT2D eigenvalue weighted by Gasteiger charge is -2.17. The molecule has 25 heavy (non-hydrogen) atoms. The van der Waals surface area contributed by atoms with Crippen molar-refractivity contribution in [3.05, 3.63) is 39.7 Å². The molecule has 0 saturated carbocycles. The van der Waals surface area contributed by atoms with E-state index in [2.05, 4.69) is 12.2 Å². The normalized spacial score (nSPS) is 12.2. The first kappa shape index (κ1) is 19.0. The number of hydrogen-bond acceptors (Lipinski definition) is 5. The number of aliphatic hydroxyl groups excluding tert-OH is 1. The second-order valence-electron chi connectivity index (χ2n) is 6.03. The lowest BCUT2D eigenvalue weighted by molar-refractivity contribution is -0.127. The van der Waals surface area contributed by atoms with Crippen LogP contribution in [-0.2, 0) is 11.2 Å². The fourth-order valence-electron chi connectivity index (χ4n) is 2.69. The van der Waals surface area contributed by atoms with Gasteiger partial charge in [-0.15, -0.1) is 0 Å². The molecular formula is C19H25NO5. The van der Waals surface area contributed by atoms with Crippen molar-refractivity contribution in [1.29, 1.82) is 0 Å². The van der Waals surface area contributed by atoms with E-state index in [0.29, 0.717) is 29.9 Å². The maximum Gasteiger partial charge on any atom is 0.336 e. The Morgan fingerprint density at radius 1 is 1.40 bits per heavy atom. The number of fused-ring (bicyclic) bond motifs is 1. The number of amides is 1. The molecule has 1 atom stereocenters. The van der Waals surface area contributed by atoms with Gasteiger partial charge >= 0.3 is 5.63 Å². The van der Waals surface area contributed by atoms with Crippen molar-refractivity contribution in [1.82, 2.24) is 5.32 Å². The molecule has 0 fully saturated rings. The Bertz CT molecular complexity index is 796. The van der Waals surface area contributed by atoms with Crippen LogP contribution in [0.4, 0.5) is 0 Å². The summed E-state index contributed by atoms with van der Waals surface area (Å²) in [5.41, 5.74) is 1.77. The fourth-order valence-corrected chi connectivity index (χ4v) is 2.69. The molecule has 0 spiro atoms. The average Bonchev–Trinajstić information content (AvgIpc) is 2.58. The highest BCUT2D eigenvalue weighted by atomic mass is 16.5. The van der Waals surface area contributed by atoms with Crippen LogP contribution in [0.15, 0.2) is 27.4 Å². The summed E-state index contributed by atoms with van der Waals surface area (Å²) in [6.45, 7) is 5.95. The maximum absolute atomic E-state index is 12.0. The molecule has 6 heteroatoms. The number of hydrogen-bond donors (Lipinski definition) is 2. The predicted octanol–water partition coefficient (Wildman–Crippen LogP) is 2.32. The topological polar surface area (TPSA) is 88.8 Å². The van der Waals surface area contributed by atoms with Crippen LogP contribution in [0.3, 0.4) is 0 Å². The van der Waals surface area contributed by atoms with Crippen molar-refractivity contribution in [2.75, 3.05) is 13.2 Å². The summed E-state index contributed by atoms with van der Waals surface area (Å²) in [5, 5.41) is 12.3. The molecule has 6 nitrogen and oxygen atoms in total. The Morgan fingerprint density at radius 2 is 2.16 bits per heavy atom. The number of carbonyl (C=O) groups is 1. The maximum atomic E-state index is 12.0. The van der Waals surface area contributed by atoms with E-state index in [1.807, 2.05) is 13.0 Å². The van der Waals surface area contributed by atoms with E-state index in [4.69, 9.17) is 14.3 Å². The summed E-state index contributed by atoms with van der Waals surface area (Å²) in [4.78, 5) is 23.8. The summed E-state index contributed by atoms with van der Waals surface area (Å²) in [5.74, 6) is 0.253. The first-order valence-corrected chi connectivity index (χ1v) is 8.59. The summed E-state index contributed by atoms with van der Waals surface area (Å²) in [6.07, 6.45) is 1.53. The van der Waals surface area contributed by atoms with Crippen molar-refractivity contribution >= 4 is 16.9 Å². The first-order valence-electron chi connectivity index (χ1n) is 8.59. The van der Waals surface area contributed by atoms with Crippen LogP contribution in [0.1, 0.15) is 37.8 Å². The van der Waals surface area contributed by atoms with E-state index in [1.165, 1.54) is 6.07 Å². The zero-order valence-corrected chi connectivity index (χ0v) is 14.9. The van der Waals surface area contributed by atoms with Gasteiger partial charge in [0.25, 0.3) is 5.91 Å². The summed E-state index contributed by atoms with van der Waals surface area (Å²) < 4.78 is 11.1. The van der Waals surface area contributed by atoms with Gasteiger partial charge in [-0.1, -0.05) is 13.3 Å². The molecule has 0 radical (unpaired) electrons. The third-order valence-corrected chi connectivity index (χ3v) is 4.02. The van der Waals surface area contributed by atoms with Gasteiger partial charge in [-0.2, -0.15) is 0 Å². The van der Waals surface area contributed by atoms with Gasteiger partial charge in [0.05, 0.1) is 0 Å². The monoisotopic (exact) mass is 347 g/mol. The Kier molecular flexibility index (Phi) is 6.58. The number of aryl methyl sites for hydroxylation is 2. The van der Waals surface area contributed by atoms with Crippen molar-refractivity contribution in [3.8, 4) is 5.75 Å². The number of rotatable bonds is 8. The predicted molar refractivity (Wildman–Crippen MR) is 96.0 cm³/mol.